The first kappa shape index (κ1) is 9.51. The van der Waals surface area contributed by atoms with Crippen LogP contribution in [-0.2, 0) is 4.74 Å². The number of carbonyl (C=O) groups is 1. The molecule has 0 bridgehead atoms. The normalized spacial score (nSPS) is 10.5. The first-order valence-corrected chi connectivity index (χ1v) is 4.46. The highest BCUT2D eigenvalue weighted by atomic mass is 16.5. The molecule has 15 heavy (non-hydrogen) atoms. The number of esters is 1. The van der Waals surface area contributed by atoms with Crippen LogP contribution in [0, 0.1) is 6.92 Å². The Morgan fingerprint density at radius 3 is 2.93 bits per heavy atom. The van der Waals surface area contributed by atoms with Gasteiger partial charge in [0.2, 0.25) is 0 Å². The molecule has 2 aromatic rings. The number of aromatic nitrogens is 2. The van der Waals surface area contributed by atoms with Crippen molar-refractivity contribution in [2.24, 2.45) is 0 Å². The van der Waals surface area contributed by atoms with Crippen molar-refractivity contribution < 1.29 is 9.53 Å². The first-order chi connectivity index (χ1) is 7.15. The number of nitrogens with zero attached hydrogens (tertiary/aromatic N) is 2. The number of hydrogen-bond acceptors (Lipinski definition) is 4. The zero-order chi connectivity index (χ0) is 11.0. The summed E-state index contributed by atoms with van der Waals surface area (Å²) in [5.74, 6) is 0.0216. The van der Waals surface area contributed by atoms with E-state index in [1.165, 1.54) is 13.3 Å². The SMILES string of the molecule is COC(=O)c1cnc2c(C)ccc(N)n12. The largest absolute Gasteiger partial charge is 0.464 e. The quantitative estimate of drug-likeness (QED) is 0.705. The number of aryl methyl sites for hydroxylation is 1. The predicted molar refractivity (Wildman–Crippen MR) is 55.7 cm³/mol. The molecule has 0 unspecified atom stereocenters. The molecular formula is C10H11N3O2. The second-order valence-corrected chi connectivity index (χ2v) is 3.24. The molecular weight excluding hydrogens is 194 g/mol. The number of nitrogen functional groups attached to an aromatic ring is 1. The Morgan fingerprint density at radius 2 is 2.27 bits per heavy atom. The van der Waals surface area contributed by atoms with Crippen molar-refractivity contribution in [2.75, 3.05) is 12.8 Å². The van der Waals surface area contributed by atoms with Crippen LogP contribution in [0.25, 0.3) is 5.65 Å². The summed E-state index contributed by atoms with van der Waals surface area (Å²) < 4.78 is 6.23. The average molecular weight is 205 g/mol. The number of anilines is 1. The fourth-order valence-electron chi connectivity index (χ4n) is 1.50. The van der Waals surface area contributed by atoms with Gasteiger partial charge in [-0.25, -0.2) is 9.78 Å². The van der Waals surface area contributed by atoms with E-state index < -0.39 is 5.97 Å². The maximum absolute atomic E-state index is 11.4. The summed E-state index contributed by atoms with van der Waals surface area (Å²) in [6, 6.07) is 3.59. The molecule has 0 radical (unpaired) electrons. The maximum atomic E-state index is 11.4. The van der Waals surface area contributed by atoms with E-state index >= 15 is 0 Å². The lowest BCUT2D eigenvalue weighted by Crippen LogP contribution is -2.08. The fraction of sp³-hybridized carbons (Fsp3) is 0.200. The molecule has 0 amide bonds. The van der Waals surface area contributed by atoms with Gasteiger partial charge in [0.1, 0.15) is 11.5 Å². The minimum absolute atomic E-state index is 0.341. The van der Waals surface area contributed by atoms with Gasteiger partial charge in [-0.15, -0.1) is 0 Å². The molecule has 5 heteroatoms. The maximum Gasteiger partial charge on any atom is 0.356 e. The van der Waals surface area contributed by atoms with Crippen molar-refractivity contribution in [1.82, 2.24) is 9.38 Å². The number of nitrogens with two attached hydrogens (primary N) is 1. The van der Waals surface area contributed by atoms with Gasteiger partial charge in [0.05, 0.1) is 13.3 Å². The van der Waals surface area contributed by atoms with Gasteiger partial charge in [0.25, 0.3) is 0 Å². The van der Waals surface area contributed by atoms with Crippen molar-refractivity contribution in [3.8, 4) is 0 Å². The highest BCUT2D eigenvalue weighted by Gasteiger charge is 2.14. The lowest BCUT2D eigenvalue weighted by Gasteiger charge is -2.04. The summed E-state index contributed by atoms with van der Waals surface area (Å²) in [6.45, 7) is 1.91. The van der Waals surface area contributed by atoms with Gasteiger partial charge >= 0.3 is 5.97 Å². The van der Waals surface area contributed by atoms with E-state index in [2.05, 4.69) is 9.72 Å². The van der Waals surface area contributed by atoms with Gasteiger partial charge in [-0.05, 0) is 18.6 Å². The highest BCUT2D eigenvalue weighted by Crippen LogP contribution is 2.16. The van der Waals surface area contributed by atoms with Crippen LogP contribution < -0.4 is 5.73 Å². The number of fused-ring (bicyclic) bond motifs is 1. The molecule has 0 spiro atoms. The molecule has 0 fully saturated rings. The van der Waals surface area contributed by atoms with Crippen molar-refractivity contribution in [3.05, 3.63) is 29.6 Å². The van der Waals surface area contributed by atoms with Gasteiger partial charge in [-0.3, -0.25) is 4.40 Å². The minimum Gasteiger partial charge on any atom is -0.464 e. The first-order valence-electron chi connectivity index (χ1n) is 4.46. The highest BCUT2D eigenvalue weighted by molar-refractivity contribution is 5.89. The molecule has 0 saturated heterocycles. The molecule has 2 aromatic heterocycles. The lowest BCUT2D eigenvalue weighted by molar-refractivity contribution is 0.0593. The third-order valence-electron chi connectivity index (χ3n) is 2.27. The predicted octanol–water partition coefficient (Wildman–Crippen LogP) is 1.01. The van der Waals surface area contributed by atoms with E-state index in [0.717, 1.165) is 5.56 Å². The second kappa shape index (κ2) is 3.27. The topological polar surface area (TPSA) is 69.6 Å². The number of hydrogen-bond donors (Lipinski definition) is 1. The molecule has 0 saturated carbocycles. The molecule has 0 aliphatic rings. The standard InChI is InChI=1S/C10H11N3O2/c1-6-3-4-8(11)13-7(10(14)15-2)5-12-9(6)13/h3-5H,11H2,1-2H3. The smallest absolute Gasteiger partial charge is 0.356 e. The average Bonchev–Trinajstić information content (AvgIpc) is 2.68. The molecule has 0 aliphatic heterocycles. The van der Waals surface area contributed by atoms with E-state index in [9.17, 15) is 4.79 Å². The van der Waals surface area contributed by atoms with Crippen LogP contribution >= 0.6 is 0 Å². The van der Waals surface area contributed by atoms with E-state index in [0.29, 0.717) is 17.2 Å². The Hall–Kier alpha value is -2.04. The second-order valence-electron chi connectivity index (χ2n) is 3.24. The van der Waals surface area contributed by atoms with Crippen molar-refractivity contribution in [1.29, 1.82) is 0 Å². The van der Waals surface area contributed by atoms with Crippen molar-refractivity contribution in [2.45, 2.75) is 6.92 Å². The molecule has 2 N–H and O–H groups in total. The third kappa shape index (κ3) is 1.32. The van der Waals surface area contributed by atoms with Gasteiger partial charge in [-0.2, -0.15) is 0 Å². The molecule has 0 aliphatic carbocycles. The van der Waals surface area contributed by atoms with E-state index in [4.69, 9.17) is 5.73 Å². The summed E-state index contributed by atoms with van der Waals surface area (Å²) in [4.78, 5) is 15.5. The van der Waals surface area contributed by atoms with Gasteiger partial charge in [0.15, 0.2) is 5.69 Å². The lowest BCUT2D eigenvalue weighted by atomic mass is 10.3. The van der Waals surface area contributed by atoms with Crippen LogP contribution in [0.3, 0.4) is 0 Å². The van der Waals surface area contributed by atoms with Crippen LogP contribution in [-0.4, -0.2) is 22.5 Å². The van der Waals surface area contributed by atoms with E-state index in [1.54, 1.807) is 10.5 Å². The number of rotatable bonds is 1. The monoisotopic (exact) mass is 205 g/mol. The summed E-state index contributed by atoms with van der Waals surface area (Å²) in [6.07, 6.45) is 1.46. The van der Waals surface area contributed by atoms with Gasteiger partial charge in [-0.1, -0.05) is 6.07 Å². The Kier molecular flexibility index (Phi) is 2.07. The van der Waals surface area contributed by atoms with E-state index in [1.807, 2.05) is 13.0 Å². The third-order valence-corrected chi connectivity index (χ3v) is 2.27. The summed E-state index contributed by atoms with van der Waals surface area (Å²) in [5, 5.41) is 0. The molecule has 0 atom stereocenters. The number of ether oxygens (including phenoxy) is 1. The Morgan fingerprint density at radius 1 is 1.53 bits per heavy atom. The van der Waals surface area contributed by atoms with Gasteiger partial charge in [0, 0.05) is 0 Å². The molecule has 2 rings (SSSR count). The number of carbonyl (C=O) groups excluding carboxylic acids is 1. The Balaban J connectivity index is 2.79. The number of methoxy groups -OCH3 is 1. The summed E-state index contributed by atoms with van der Waals surface area (Å²) in [5.41, 5.74) is 7.75. The van der Waals surface area contributed by atoms with Crippen LogP contribution in [0.15, 0.2) is 18.3 Å². The summed E-state index contributed by atoms with van der Waals surface area (Å²) >= 11 is 0. The van der Waals surface area contributed by atoms with Crippen LogP contribution in [0.5, 0.6) is 0 Å². The summed E-state index contributed by atoms with van der Waals surface area (Å²) in [7, 11) is 1.33. The Labute approximate surface area is 86.5 Å². The van der Waals surface area contributed by atoms with Crippen LogP contribution in [0.2, 0.25) is 0 Å². The van der Waals surface area contributed by atoms with E-state index in [-0.39, 0.29) is 0 Å². The van der Waals surface area contributed by atoms with Crippen LogP contribution in [0.4, 0.5) is 5.82 Å². The minimum atomic E-state index is -0.445. The number of imidazole rings is 1. The molecule has 2 heterocycles. The zero-order valence-corrected chi connectivity index (χ0v) is 8.52. The Bertz CT molecular complexity index is 531. The fourth-order valence-corrected chi connectivity index (χ4v) is 1.50. The van der Waals surface area contributed by atoms with Crippen LogP contribution in [0.1, 0.15) is 16.1 Å². The number of pyridine rings is 1. The zero-order valence-electron chi connectivity index (χ0n) is 8.52. The van der Waals surface area contributed by atoms with Crippen molar-refractivity contribution in [3.63, 3.8) is 0 Å². The molecule has 0 aromatic carbocycles. The van der Waals surface area contributed by atoms with Crippen molar-refractivity contribution >= 4 is 17.4 Å². The molecule has 5 nitrogen and oxygen atoms in total. The van der Waals surface area contributed by atoms with Gasteiger partial charge < -0.3 is 10.5 Å². The molecule has 78 valence electrons.